The van der Waals surface area contributed by atoms with Crippen LogP contribution in [0.2, 0.25) is 0 Å². The number of rotatable bonds is 10. The highest BCUT2D eigenvalue weighted by Crippen LogP contribution is 2.54. The lowest BCUT2D eigenvalue weighted by Crippen LogP contribution is -2.24. The van der Waals surface area contributed by atoms with Crippen LogP contribution in [0.1, 0.15) is 27.7 Å². The molecule has 0 amide bonds. The topological polar surface area (TPSA) is 71.1 Å². The minimum atomic E-state index is -3.53. The van der Waals surface area contributed by atoms with Crippen LogP contribution >= 0.6 is 26.5 Å². The molecule has 0 saturated heterocycles. The summed E-state index contributed by atoms with van der Waals surface area (Å²) in [6.45, 7) is 7.79. The van der Waals surface area contributed by atoms with E-state index in [1.165, 1.54) is 11.3 Å². The van der Waals surface area contributed by atoms with Crippen LogP contribution in [-0.4, -0.2) is 26.4 Å². The van der Waals surface area contributed by atoms with Gasteiger partial charge in [-0.3, -0.25) is 9.13 Å². The highest BCUT2D eigenvalue weighted by molar-refractivity contribution is 7.73. The molecule has 21 heavy (non-hydrogen) atoms. The third-order valence-electron chi connectivity index (χ3n) is 2.36. The molecular weight excluding hydrogens is 334 g/mol. The number of thiophene rings is 1. The fraction of sp³-hybridized carbons (Fsp3) is 0.667. The molecule has 0 N–H and O–H groups in total. The smallest absolute Gasteiger partial charge is 0.305 e. The molecule has 1 rings (SSSR count). The van der Waals surface area contributed by atoms with E-state index < -0.39 is 15.2 Å². The van der Waals surface area contributed by atoms with E-state index in [2.05, 4.69) is 0 Å². The summed E-state index contributed by atoms with van der Waals surface area (Å²) in [6.07, 6.45) is 0. The van der Waals surface area contributed by atoms with E-state index in [1.54, 1.807) is 39.1 Å². The number of hydrogen-bond acceptors (Lipinski definition) is 7. The molecular formula is C12H22O6P2S. The Morgan fingerprint density at radius 1 is 0.857 bits per heavy atom. The molecule has 1 heterocycles. The van der Waals surface area contributed by atoms with Gasteiger partial charge in [0.1, 0.15) is 4.62 Å². The molecule has 0 spiro atoms. The molecule has 0 fully saturated rings. The maximum Gasteiger partial charge on any atom is 0.372 e. The van der Waals surface area contributed by atoms with Crippen LogP contribution in [0, 0.1) is 0 Å². The zero-order chi connectivity index (χ0) is 15.9. The zero-order valence-electron chi connectivity index (χ0n) is 12.7. The summed E-state index contributed by atoms with van der Waals surface area (Å²) in [5, 5.41) is 1.95. The second-order valence-electron chi connectivity index (χ2n) is 3.78. The van der Waals surface area contributed by atoms with E-state index in [9.17, 15) is 9.13 Å². The lowest BCUT2D eigenvalue weighted by molar-refractivity contribution is 0.226. The van der Waals surface area contributed by atoms with Crippen LogP contribution < -0.4 is 9.92 Å². The van der Waals surface area contributed by atoms with Gasteiger partial charge in [0.15, 0.2) is 0 Å². The molecule has 1 aromatic heterocycles. The molecule has 0 saturated carbocycles. The minimum Gasteiger partial charge on any atom is -0.305 e. The van der Waals surface area contributed by atoms with Crippen molar-refractivity contribution in [2.24, 2.45) is 0 Å². The molecule has 6 nitrogen and oxygen atoms in total. The molecule has 0 atom stereocenters. The van der Waals surface area contributed by atoms with Crippen LogP contribution in [0.15, 0.2) is 11.4 Å². The van der Waals surface area contributed by atoms with Gasteiger partial charge in [-0.25, -0.2) is 0 Å². The van der Waals surface area contributed by atoms with Crippen molar-refractivity contribution in [1.82, 2.24) is 0 Å². The first-order chi connectivity index (χ1) is 9.97. The summed E-state index contributed by atoms with van der Waals surface area (Å²) in [5.41, 5.74) is 0. The Hall–Kier alpha value is -0.0000000000000000416. The Kier molecular flexibility index (Phi) is 7.79. The Bertz CT molecular complexity index is 465. The van der Waals surface area contributed by atoms with Gasteiger partial charge in [0.2, 0.25) is 0 Å². The molecule has 0 aliphatic heterocycles. The second-order valence-corrected chi connectivity index (χ2v) is 8.95. The van der Waals surface area contributed by atoms with Crippen LogP contribution in [-0.2, 0) is 27.2 Å². The predicted octanol–water partition coefficient (Wildman–Crippen LogP) is 3.53. The van der Waals surface area contributed by atoms with Gasteiger partial charge in [-0.2, -0.15) is 0 Å². The standard InChI is InChI=1S/C12H22O6P2S/c1-5-15-19(13,16-6-2)11-9-10-21-12(11)20(14,17-7-3)18-8-4/h9-10H,5-8H2,1-4H3. The predicted molar refractivity (Wildman–Crippen MR) is 85.3 cm³/mol. The third-order valence-corrected chi connectivity index (χ3v) is 8.49. The lowest BCUT2D eigenvalue weighted by atomic mass is 10.7. The average molecular weight is 356 g/mol. The summed E-state index contributed by atoms with van der Waals surface area (Å²) < 4.78 is 47.3. The van der Waals surface area contributed by atoms with Gasteiger partial charge in [0.25, 0.3) is 0 Å². The minimum absolute atomic E-state index is 0.222. The fourth-order valence-corrected chi connectivity index (χ4v) is 7.45. The molecule has 0 bridgehead atoms. The van der Waals surface area contributed by atoms with Gasteiger partial charge < -0.3 is 18.1 Å². The Labute approximate surface area is 129 Å². The van der Waals surface area contributed by atoms with Gasteiger partial charge >= 0.3 is 15.2 Å². The Morgan fingerprint density at radius 2 is 1.29 bits per heavy atom. The third kappa shape index (κ3) is 4.49. The first-order valence-electron chi connectivity index (χ1n) is 6.84. The van der Waals surface area contributed by atoms with Gasteiger partial charge in [-0.15, -0.1) is 11.3 Å². The molecule has 0 aromatic carbocycles. The van der Waals surface area contributed by atoms with Gasteiger partial charge in [-0.05, 0) is 39.1 Å². The zero-order valence-corrected chi connectivity index (χ0v) is 15.3. The van der Waals surface area contributed by atoms with E-state index in [1.807, 2.05) is 0 Å². The highest BCUT2D eigenvalue weighted by atomic mass is 32.1. The SMILES string of the molecule is CCOP(=O)(OCC)c1ccsc1P(=O)(OCC)OCC. The molecule has 0 aliphatic rings. The first-order valence-corrected chi connectivity index (χ1v) is 10.8. The summed E-state index contributed by atoms with van der Waals surface area (Å²) in [6, 6.07) is 1.59. The van der Waals surface area contributed by atoms with Crippen molar-refractivity contribution in [2.75, 3.05) is 26.4 Å². The van der Waals surface area contributed by atoms with Crippen molar-refractivity contribution in [2.45, 2.75) is 27.7 Å². The molecule has 0 unspecified atom stereocenters. The average Bonchev–Trinajstić information content (AvgIpc) is 2.90. The maximum atomic E-state index is 12.9. The monoisotopic (exact) mass is 356 g/mol. The second kappa shape index (κ2) is 8.59. The van der Waals surface area contributed by atoms with E-state index >= 15 is 0 Å². The molecule has 1 aromatic rings. The van der Waals surface area contributed by atoms with E-state index in [4.69, 9.17) is 18.1 Å². The Morgan fingerprint density at radius 3 is 1.71 bits per heavy atom. The van der Waals surface area contributed by atoms with Crippen LogP contribution in [0.4, 0.5) is 0 Å². The van der Waals surface area contributed by atoms with Gasteiger partial charge in [0, 0.05) is 0 Å². The highest BCUT2D eigenvalue weighted by Gasteiger charge is 2.39. The van der Waals surface area contributed by atoms with Gasteiger partial charge in [0.05, 0.1) is 31.7 Å². The van der Waals surface area contributed by atoms with Crippen molar-refractivity contribution >= 4 is 36.5 Å². The maximum absolute atomic E-state index is 12.9. The van der Waals surface area contributed by atoms with Crippen molar-refractivity contribution in [3.63, 3.8) is 0 Å². The summed E-state index contributed by atoms with van der Waals surface area (Å²) >= 11 is 1.17. The van der Waals surface area contributed by atoms with E-state index in [0.29, 0.717) is 0 Å². The Balaban J connectivity index is 3.31. The molecule has 9 heteroatoms. The summed E-state index contributed by atoms with van der Waals surface area (Å²) in [7, 11) is -7.05. The van der Waals surface area contributed by atoms with Crippen molar-refractivity contribution < 1.29 is 27.2 Å². The van der Waals surface area contributed by atoms with Crippen molar-refractivity contribution in [1.29, 1.82) is 0 Å². The molecule has 122 valence electrons. The summed E-state index contributed by atoms with van der Waals surface area (Å²) in [4.78, 5) is 0. The normalized spacial score (nSPS) is 12.8. The lowest BCUT2D eigenvalue weighted by Gasteiger charge is -2.21. The largest absolute Gasteiger partial charge is 0.372 e. The van der Waals surface area contributed by atoms with Crippen LogP contribution in [0.25, 0.3) is 0 Å². The quantitative estimate of drug-likeness (QED) is 0.597. The van der Waals surface area contributed by atoms with E-state index in [0.717, 1.165) is 0 Å². The fourth-order valence-electron chi connectivity index (χ4n) is 1.72. The first kappa shape index (κ1) is 19.0. The van der Waals surface area contributed by atoms with E-state index in [-0.39, 0.29) is 36.4 Å². The molecule has 0 radical (unpaired) electrons. The van der Waals surface area contributed by atoms with Crippen molar-refractivity contribution in [3.8, 4) is 0 Å². The summed E-state index contributed by atoms with van der Waals surface area (Å²) in [5.74, 6) is 0. The number of hydrogen-bond donors (Lipinski definition) is 0. The molecule has 0 aliphatic carbocycles. The van der Waals surface area contributed by atoms with Crippen LogP contribution in [0.3, 0.4) is 0 Å². The van der Waals surface area contributed by atoms with Crippen molar-refractivity contribution in [3.05, 3.63) is 11.4 Å². The van der Waals surface area contributed by atoms with Gasteiger partial charge in [-0.1, -0.05) is 0 Å². The van der Waals surface area contributed by atoms with Crippen LogP contribution in [0.5, 0.6) is 0 Å².